The molecular formula is C10H13BrN2O4S2. The highest BCUT2D eigenvalue weighted by Crippen LogP contribution is 2.17. The molecule has 19 heavy (non-hydrogen) atoms. The first-order valence-corrected chi connectivity index (χ1v) is 9.72. The zero-order valence-corrected chi connectivity index (χ0v) is 13.1. The summed E-state index contributed by atoms with van der Waals surface area (Å²) in [6, 6.07) is 0.856. The molecule has 0 bridgehead atoms. The Labute approximate surface area is 120 Å². The summed E-state index contributed by atoms with van der Waals surface area (Å²) in [7, 11) is -6.89. The number of aromatic nitrogens is 1. The summed E-state index contributed by atoms with van der Waals surface area (Å²) < 4.78 is 50.1. The van der Waals surface area contributed by atoms with Crippen LogP contribution >= 0.6 is 15.9 Å². The molecule has 0 radical (unpaired) electrons. The summed E-state index contributed by atoms with van der Waals surface area (Å²) in [5, 5.41) is 0. The lowest BCUT2D eigenvalue weighted by atomic mass is 10.2. The molecule has 6 nitrogen and oxygen atoms in total. The molecule has 0 aliphatic carbocycles. The van der Waals surface area contributed by atoms with E-state index < -0.39 is 25.9 Å². The van der Waals surface area contributed by atoms with E-state index in [0.29, 0.717) is 17.3 Å². The maximum atomic E-state index is 12.1. The Balaban J connectivity index is 2.18. The monoisotopic (exact) mass is 368 g/mol. The molecule has 1 unspecified atom stereocenters. The van der Waals surface area contributed by atoms with E-state index in [9.17, 15) is 16.8 Å². The van der Waals surface area contributed by atoms with Crippen LogP contribution in [-0.2, 0) is 19.9 Å². The first kappa shape index (κ1) is 14.9. The Morgan fingerprint density at radius 2 is 2.11 bits per heavy atom. The fraction of sp³-hybridized carbons (Fsp3) is 0.500. The van der Waals surface area contributed by atoms with E-state index >= 15 is 0 Å². The van der Waals surface area contributed by atoms with E-state index in [1.165, 1.54) is 18.5 Å². The van der Waals surface area contributed by atoms with Crippen LogP contribution in [0.3, 0.4) is 0 Å². The average molecular weight is 369 g/mol. The minimum Gasteiger partial charge on any atom is -0.262 e. The highest BCUT2D eigenvalue weighted by molar-refractivity contribution is 9.10. The Morgan fingerprint density at radius 1 is 1.37 bits per heavy atom. The third kappa shape index (κ3) is 3.98. The molecule has 9 heteroatoms. The fourth-order valence-electron chi connectivity index (χ4n) is 1.94. The summed E-state index contributed by atoms with van der Waals surface area (Å²) in [4.78, 5) is 3.81. The topological polar surface area (TPSA) is 93.2 Å². The predicted octanol–water partition coefficient (Wildman–Crippen LogP) is 0.700. The van der Waals surface area contributed by atoms with Crippen molar-refractivity contribution in [1.82, 2.24) is 9.71 Å². The minimum atomic E-state index is -3.74. The summed E-state index contributed by atoms with van der Waals surface area (Å²) in [5.74, 6) is -0.0165. The van der Waals surface area contributed by atoms with Gasteiger partial charge in [-0.3, -0.25) is 4.98 Å². The molecule has 0 spiro atoms. The Hall–Kier alpha value is -0.510. The van der Waals surface area contributed by atoms with E-state index in [1.807, 2.05) is 0 Å². The third-order valence-electron chi connectivity index (χ3n) is 2.77. The molecule has 1 aliphatic heterocycles. The Kier molecular flexibility index (Phi) is 4.29. The van der Waals surface area contributed by atoms with Gasteiger partial charge in [-0.15, -0.1) is 0 Å². The van der Waals surface area contributed by atoms with E-state index in [0.717, 1.165) is 0 Å². The van der Waals surface area contributed by atoms with Crippen LogP contribution in [0, 0.1) is 0 Å². The molecule has 1 aromatic rings. The molecule has 0 amide bonds. The smallest absolute Gasteiger partial charge is 0.242 e. The molecule has 1 N–H and O–H groups in total. The van der Waals surface area contributed by atoms with Crippen LogP contribution in [0.2, 0.25) is 0 Å². The highest BCUT2D eigenvalue weighted by atomic mass is 79.9. The Bertz CT molecular complexity index is 673. The van der Waals surface area contributed by atoms with Crippen molar-refractivity contribution in [3.63, 3.8) is 0 Å². The van der Waals surface area contributed by atoms with Gasteiger partial charge in [-0.1, -0.05) is 0 Å². The molecule has 106 valence electrons. The third-order valence-corrected chi connectivity index (χ3v) is 6.52. The van der Waals surface area contributed by atoms with Crippen molar-refractivity contribution in [2.45, 2.75) is 23.8 Å². The zero-order valence-electron chi connectivity index (χ0n) is 9.91. The van der Waals surface area contributed by atoms with Crippen LogP contribution in [0.5, 0.6) is 0 Å². The van der Waals surface area contributed by atoms with Gasteiger partial charge in [-0.2, -0.15) is 0 Å². The first-order valence-electron chi connectivity index (χ1n) is 5.62. The maximum Gasteiger partial charge on any atom is 0.242 e. The van der Waals surface area contributed by atoms with Gasteiger partial charge < -0.3 is 0 Å². The number of nitrogens with zero attached hydrogens (tertiary/aromatic N) is 1. The molecule has 2 rings (SSSR count). The number of sulfonamides is 1. The second-order valence-corrected chi connectivity index (χ2v) is 9.27. The van der Waals surface area contributed by atoms with Gasteiger partial charge in [0.2, 0.25) is 10.0 Å². The van der Waals surface area contributed by atoms with Gasteiger partial charge >= 0.3 is 0 Å². The summed E-state index contributed by atoms with van der Waals surface area (Å²) in [5.41, 5.74) is 0. The van der Waals surface area contributed by atoms with Crippen molar-refractivity contribution in [2.24, 2.45) is 0 Å². The molecule has 0 saturated carbocycles. The van der Waals surface area contributed by atoms with Crippen molar-refractivity contribution in [3.05, 3.63) is 22.9 Å². The van der Waals surface area contributed by atoms with E-state index in [-0.39, 0.29) is 16.4 Å². The van der Waals surface area contributed by atoms with E-state index in [4.69, 9.17) is 0 Å². The number of hydrogen-bond donors (Lipinski definition) is 1. The van der Waals surface area contributed by atoms with Crippen molar-refractivity contribution in [2.75, 3.05) is 11.5 Å². The SMILES string of the molecule is O=S1(=O)CCCC(NS(=O)(=O)c2cncc(Br)c2)C1. The number of nitrogens with one attached hydrogen (secondary N) is 1. The summed E-state index contributed by atoms with van der Waals surface area (Å²) >= 11 is 3.15. The normalized spacial score (nSPS) is 23.1. The lowest BCUT2D eigenvalue weighted by Crippen LogP contribution is -2.43. The lowest BCUT2D eigenvalue weighted by Gasteiger charge is -2.22. The number of hydrogen-bond acceptors (Lipinski definition) is 5. The van der Waals surface area contributed by atoms with Crippen LogP contribution in [0.4, 0.5) is 0 Å². The number of sulfone groups is 1. The standard InChI is InChI=1S/C10H13BrN2O4S2/c11-8-4-10(6-12-5-8)19(16,17)13-9-2-1-3-18(14,15)7-9/h4-6,9,13H,1-3,7H2. The van der Waals surface area contributed by atoms with Gasteiger partial charge in [-0.05, 0) is 34.8 Å². The molecule has 1 fully saturated rings. The highest BCUT2D eigenvalue weighted by Gasteiger charge is 2.28. The molecule has 1 aliphatic rings. The second kappa shape index (κ2) is 5.47. The zero-order chi connectivity index (χ0) is 14.1. The predicted molar refractivity (Wildman–Crippen MR) is 73.9 cm³/mol. The van der Waals surface area contributed by atoms with Crippen molar-refractivity contribution in [1.29, 1.82) is 0 Å². The molecule has 1 saturated heterocycles. The quantitative estimate of drug-likeness (QED) is 0.847. The van der Waals surface area contributed by atoms with Crippen LogP contribution in [0.1, 0.15) is 12.8 Å². The maximum absolute atomic E-state index is 12.1. The first-order chi connectivity index (χ1) is 8.78. The molecule has 1 aromatic heterocycles. The Morgan fingerprint density at radius 3 is 2.74 bits per heavy atom. The van der Waals surface area contributed by atoms with Crippen LogP contribution in [0.25, 0.3) is 0 Å². The van der Waals surface area contributed by atoms with Gasteiger partial charge in [0, 0.05) is 22.9 Å². The second-order valence-electron chi connectivity index (χ2n) is 4.41. The van der Waals surface area contributed by atoms with Crippen molar-refractivity contribution < 1.29 is 16.8 Å². The van der Waals surface area contributed by atoms with Crippen LogP contribution in [0.15, 0.2) is 27.8 Å². The van der Waals surface area contributed by atoms with Gasteiger partial charge in [0.1, 0.15) is 4.90 Å². The van der Waals surface area contributed by atoms with Gasteiger partial charge in [-0.25, -0.2) is 21.6 Å². The largest absolute Gasteiger partial charge is 0.262 e. The molecule has 0 aromatic carbocycles. The minimum absolute atomic E-state index is 0.0184. The van der Waals surface area contributed by atoms with Crippen molar-refractivity contribution >= 4 is 35.8 Å². The van der Waals surface area contributed by atoms with Crippen LogP contribution in [-0.4, -0.2) is 39.4 Å². The van der Waals surface area contributed by atoms with Gasteiger partial charge in [0.25, 0.3) is 0 Å². The summed E-state index contributed by atoms with van der Waals surface area (Å²) in [6.07, 6.45) is 3.71. The summed E-state index contributed by atoms with van der Waals surface area (Å²) in [6.45, 7) is 0. The van der Waals surface area contributed by atoms with Gasteiger partial charge in [0.05, 0.1) is 11.5 Å². The lowest BCUT2D eigenvalue weighted by molar-refractivity contribution is 0.517. The molecule has 2 heterocycles. The van der Waals surface area contributed by atoms with Crippen LogP contribution < -0.4 is 4.72 Å². The molecular weight excluding hydrogens is 356 g/mol. The van der Waals surface area contributed by atoms with Crippen molar-refractivity contribution in [3.8, 4) is 0 Å². The van der Waals surface area contributed by atoms with E-state index in [1.54, 1.807) is 0 Å². The fourth-order valence-corrected chi connectivity index (χ4v) is 5.46. The number of pyridine rings is 1. The van der Waals surface area contributed by atoms with E-state index in [2.05, 4.69) is 25.6 Å². The average Bonchev–Trinajstić information content (AvgIpc) is 2.27. The number of halogens is 1. The molecule has 1 atom stereocenters. The number of rotatable bonds is 3. The van der Waals surface area contributed by atoms with Gasteiger partial charge in [0.15, 0.2) is 9.84 Å².